The quantitative estimate of drug-likeness (QED) is 0.597. The van der Waals surface area contributed by atoms with E-state index in [0.717, 1.165) is 5.56 Å². The first-order chi connectivity index (χ1) is 9.65. The Morgan fingerprint density at radius 2 is 2.10 bits per heavy atom. The van der Waals surface area contributed by atoms with Gasteiger partial charge in [0, 0.05) is 19.1 Å². The summed E-state index contributed by atoms with van der Waals surface area (Å²) < 4.78 is 4.96. The minimum absolute atomic E-state index is 0.183. The molecule has 5 nitrogen and oxygen atoms in total. The summed E-state index contributed by atoms with van der Waals surface area (Å²) >= 11 is 0. The summed E-state index contributed by atoms with van der Waals surface area (Å²) in [6, 6.07) is 9.46. The van der Waals surface area contributed by atoms with E-state index in [-0.39, 0.29) is 25.0 Å². The van der Waals surface area contributed by atoms with Gasteiger partial charge < -0.3 is 15.2 Å². The highest BCUT2D eigenvalue weighted by molar-refractivity contribution is 6.06. The van der Waals surface area contributed by atoms with Gasteiger partial charge in [-0.25, -0.2) is 0 Å². The molecule has 1 fully saturated rings. The number of carbonyl (C=O) groups is 2. The number of benzene rings is 1. The Morgan fingerprint density at radius 1 is 1.40 bits per heavy atom. The van der Waals surface area contributed by atoms with E-state index < -0.39 is 11.4 Å². The first kappa shape index (κ1) is 14.5. The van der Waals surface area contributed by atoms with E-state index in [4.69, 9.17) is 4.74 Å². The zero-order valence-electron chi connectivity index (χ0n) is 11.5. The van der Waals surface area contributed by atoms with Gasteiger partial charge in [-0.3, -0.25) is 9.59 Å². The third-order valence-electron chi connectivity index (χ3n) is 3.67. The number of hydrogen-bond donors (Lipinski definition) is 2. The summed E-state index contributed by atoms with van der Waals surface area (Å²) in [6.07, 6.45) is 0.350. The summed E-state index contributed by atoms with van der Waals surface area (Å²) in [4.78, 5) is 24.2. The molecule has 0 heterocycles. The van der Waals surface area contributed by atoms with Crippen LogP contribution in [0.4, 0.5) is 0 Å². The molecule has 1 aliphatic rings. The van der Waals surface area contributed by atoms with Crippen LogP contribution in [0.3, 0.4) is 0 Å². The van der Waals surface area contributed by atoms with Gasteiger partial charge in [-0.1, -0.05) is 30.3 Å². The first-order valence-corrected chi connectivity index (χ1v) is 6.75. The van der Waals surface area contributed by atoms with Crippen molar-refractivity contribution < 1.29 is 19.4 Å². The molecule has 20 heavy (non-hydrogen) atoms. The second-order valence-corrected chi connectivity index (χ2v) is 4.94. The van der Waals surface area contributed by atoms with Gasteiger partial charge in [0.15, 0.2) is 5.41 Å². The number of rotatable bonds is 6. The molecule has 1 aromatic carbocycles. The van der Waals surface area contributed by atoms with Gasteiger partial charge in [0.25, 0.3) is 0 Å². The predicted molar refractivity (Wildman–Crippen MR) is 72.5 cm³/mol. The number of aliphatic hydroxyl groups excluding tert-OH is 1. The molecule has 2 unspecified atom stereocenters. The highest BCUT2D eigenvalue weighted by atomic mass is 16.5. The molecule has 2 N–H and O–H groups in total. The number of aliphatic hydroxyl groups is 1. The minimum Gasteiger partial charge on any atom is -0.465 e. The van der Waals surface area contributed by atoms with Crippen molar-refractivity contribution in [3.8, 4) is 0 Å². The lowest BCUT2D eigenvalue weighted by Gasteiger charge is -2.15. The summed E-state index contributed by atoms with van der Waals surface area (Å²) in [5.74, 6) is -1.24. The van der Waals surface area contributed by atoms with E-state index in [9.17, 15) is 14.7 Å². The Bertz CT molecular complexity index is 488. The normalized spacial score (nSPS) is 24.0. The molecule has 108 valence electrons. The average molecular weight is 277 g/mol. The number of amides is 1. The SMILES string of the molecule is CCOC(=O)C1(C(=O)NCc2ccccc2)CC1CO. The molecule has 0 radical (unpaired) electrons. The van der Waals surface area contributed by atoms with Crippen LogP contribution >= 0.6 is 0 Å². The van der Waals surface area contributed by atoms with Crippen LogP contribution in [0, 0.1) is 11.3 Å². The summed E-state index contributed by atoms with van der Waals surface area (Å²) in [5, 5.41) is 12.0. The number of carbonyl (C=O) groups excluding carboxylic acids is 2. The smallest absolute Gasteiger partial charge is 0.322 e. The zero-order valence-corrected chi connectivity index (χ0v) is 11.5. The highest BCUT2D eigenvalue weighted by Gasteiger charge is 2.66. The lowest BCUT2D eigenvalue weighted by molar-refractivity contribution is -0.155. The van der Waals surface area contributed by atoms with Crippen molar-refractivity contribution in [2.45, 2.75) is 19.9 Å². The second kappa shape index (κ2) is 6.05. The monoisotopic (exact) mass is 277 g/mol. The predicted octanol–water partition coefficient (Wildman–Crippen LogP) is 0.864. The van der Waals surface area contributed by atoms with Crippen LogP contribution in [-0.4, -0.2) is 30.2 Å². The topological polar surface area (TPSA) is 75.6 Å². The number of nitrogens with one attached hydrogen (secondary N) is 1. The summed E-state index contributed by atoms with van der Waals surface area (Å²) in [6.45, 7) is 2.10. The van der Waals surface area contributed by atoms with Crippen molar-refractivity contribution >= 4 is 11.9 Å². The fourth-order valence-corrected chi connectivity index (χ4v) is 2.37. The third-order valence-corrected chi connectivity index (χ3v) is 3.67. The number of hydrogen-bond acceptors (Lipinski definition) is 4. The maximum atomic E-state index is 12.3. The molecule has 1 amide bonds. The molecule has 0 spiro atoms. The minimum atomic E-state index is -1.19. The molecule has 0 aromatic heterocycles. The van der Waals surface area contributed by atoms with E-state index in [0.29, 0.717) is 13.0 Å². The lowest BCUT2D eigenvalue weighted by Crippen LogP contribution is -2.39. The van der Waals surface area contributed by atoms with Crippen molar-refractivity contribution in [1.82, 2.24) is 5.32 Å². The Labute approximate surface area is 117 Å². The van der Waals surface area contributed by atoms with Crippen LogP contribution in [0.15, 0.2) is 30.3 Å². The van der Waals surface area contributed by atoms with E-state index in [1.165, 1.54) is 0 Å². The fourth-order valence-electron chi connectivity index (χ4n) is 2.37. The highest BCUT2D eigenvalue weighted by Crippen LogP contribution is 2.53. The van der Waals surface area contributed by atoms with Crippen LogP contribution in [-0.2, 0) is 20.9 Å². The number of esters is 1. The van der Waals surface area contributed by atoms with Crippen LogP contribution in [0.5, 0.6) is 0 Å². The van der Waals surface area contributed by atoms with Crippen molar-refractivity contribution in [3.63, 3.8) is 0 Å². The number of ether oxygens (including phenoxy) is 1. The summed E-state index contributed by atoms with van der Waals surface area (Å²) in [5.41, 5.74) is -0.236. The maximum absolute atomic E-state index is 12.3. The van der Waals surface area contributed by atoms with Crippen LogP contribution in [0.1, 0.15) is 18.9 Å². The molecule has 0 bridgehead atoms. The van der Waals surface area contributed by atoms with E-state index >= 15 is 0 Å². The molecule has 1 saturated carbocycles. The van der Waals surface area contributed by atoms with Gasteiger partial charge in [0.05, 0.1) is 6.61 Å². The van der Waals surface area contributed by atoms with E-state index in [2.05, 4.69) is 5.32 Å². The maximum Gasteiger partial charge on any atom is 0.322 e. The van der Waals surface area contributed by atoms with Gasteiger partial charge in [0.1, 0.15) is 0 Å². The average Bonchev–Trinajstić information content (AvgIpc) is 3.22. The Hall–Kier alpha value is -1.88. The fraction of sp³-hybridized carbons (Fsp3) is 0.467. The van der Waals surface area contributed by atoms with Crippen LogP contribution < -0.4 is 5.32 Å². The van der Waals surface area contributed by atoms with Crippen molar-refractivity contribution in [2.75, 3.05) is 13.2 Å². The van der Waals surface area contributed by atoms with E-state index in [1.54, 1.807) is 6.92 Å². The molecule has 1 aromatic rings. The molecule has 0 saturated heterocycles. The van der Waals surface area contributed by atoms with Gasteiger partial charge in [-0.15, -0.1) is 0 Å². The van der Waals surface area contributed by atoms with Gasteiger partial charge in [-0.05, 0) is 18.9 Å². The second-order valence-electron chi connectivity index (χ2n) is 4.94. The zero-order chi connectivity index (χ0) is 14.6. The van der Waals surface area contributed by atoms with Gasteiger partial charge >= 0.3 is 5.97 Å². The third kappa shape index (κ3) is 2.67. The standard InChI is InChI=1S/C15H19NO4/c1-2-20-14(19)15(8-12(15)10-17)13(18)16-9-11-6-4-3-5-7-11/h3-7,12,17H,2,8-10H2,1H3,(H,16,18). The molecule has 0 aliphatic heterocycles. The first-order valence-electron chi connectivity index (χ1n) is 6.75. The Balaban J connectivity index is 2.00. The Morgan fingerprint density at radius 3 is 2.65 bits per heavy atom. The summed E-state index contributed by atoms with van der Waals surface area (Å²) in [7, 11) is 0. The van der Waals surface area contributed by atoms with Gasteiger partial charge in [-0.2, -0.15) is 0 Å². The molecular formula is C15H19NO4. The molecular weight excluding hydrogens is 258 g/mol. The van der Waals surface area contributed by atoms with Crippen LogP contribution in [0.2, 0.25) is 0 Å². The molecule has 2 atom stereocenters. The van der Waals surface area contributed by atoms with Gasteiger partial charge in [0.2, 0.25) is 5.91 Å². The van der Waals surface area contributed by atoms with Crippen molar-refractivity contribution in [2.24, 2.45) is 11.3 Å². The Kier molecular flexibility index (Phi) is 4.39. The van der Waals surface area contributed by atoms with Crippen molar-refractivity contribution in [1.29, 1.82) is 0 Å². The largest absolute Gasteiger partial charge is 0.465 e. The van der Waals surface area contributed by atoms with E-state index in [1.807, 2.05) is 30.3 Å². The lowest BCUT2D eigenvalue weighted by atomic mass is 10.0. The molecule has 1 aliphatic carbocycles. The molecule has 5 heteroatoms. The van der Waals surface area contributed by atoms with Crippen LogP contribution in [0.25, 0.3) is 0 Å². The van der Waals surface area contributed by atoms with Crippen molar-refractivity contribution in [3.05, 3.63) is 35.9 Å². The molecule has 2 rings (SSSR count).